The predicted molar refractivity (Wildman–Crippen MR) is 134 cm³/mol. The maximum Gasteiger partial charge on any atom is 0.232 e. The van der Waals surface area contributed by atoms with Gasteiger partial charge in [0.05, 0.1) is 25.4 Å². The molecule has 34 heavy (non-hydrogen) atoms. The number of hydrogen-bond acceptors (Lipinski definition) is 7. The summed E-state index contributed by atoms with van der Waals surface area (Å²) in [5.41, 5.74) is 2.89. The zero-order valence-electron chi connectivity index (χ0n) is 19.1. The molecular formula is C25H24FN3O3S2. The van der Waals surface area contributed by atoms with Crippen LogP contribution in [0, 0.1) is 5.82 Å². The van der Waals surface area contributed by atoms with E-state index in [2.05, 4.69) is 9.97 Å². The van der Waals surface area contributed by atoms with Crippen LogP contribution in [0.3, 0.4) is 0 Å². The number of halogens is 1. The zero-order valence-corrected chi connectivity index (χ0v) is 20.7. The third-order valence-electron chi connectivity index (χ3n) is 5.43. The number of likely N-dealkylation sites (N-methyl/N-ethyl adjacent to an activating group) is 1. The minimum Gasteiger partial charge on any atom is -0.493 e. The number of nitrogens with zero attached hydrogens (tertiary/aromatic N) is 3. The molecule has 0 aliphatic heterocycles. The molecule has 0 aliphatic carbocycles. The molecule has 176 valence electrons. The van der Waals surface area contributed by atoms with Crippen LogP contribution in [0.4, 0.5) is 4.39 Å². The number of carbonyl (C=O) groups is 1. The van der Waals surface area contributed by atoms with Gasteiger partial charge in [-0.15, -0.1) is 11.3 Å². The van der Waals surface area contributed by atoms with Crippen LogP contribution in [0.5, 0.6) is 11.5 Å². The van der Waals surface area contributed by atoms with Crippen molar-refractivity contribution in [3.8, 4) is 22.6 Å². The minimum atomic E-state index is -0.282. The highest BCUT2D eigenvalue weighted by molar-refractivity contribution is 8.00. The van der Waals surface area contributed by atoms with E-state index in [1.165, 1.54) is 41.6 Å². The maximum absolute atomic E-state index is 13.4. The molecular weight excluding hydrogens is 473 g/mol. The van der Waals surface area contributed by atoms with Crippen LogP contribution in [0.2, 0.25) is 0 Å². The van der Waals surface area contributed by atoms with Crippen molar-refractivity contribution in [3.05, 3.63) is 65.6 Å². The molecule has 0 spiro atoms. The number of thioether (sulfide) groups is 1. The fourth-order valence-electron chi connectivity index (χ4n) is 3.50. The van der Waals surface area contributed by atoms with Crippen molar-refractivity contribution >= 4 is 39.2 Å². The van der Waals surface area contributed by atoms with Crippen LogP contribution in [-0.4, -0.2) is 54.3 Å². The Morgan fingerprint density at radius 1 is 1.09 bits per heavy atom. The van der Waals surface area contributed by atoms with E-state index >= 15 is 0 Å². The second-order valence-electron chi connectivity index (χ2n) is 7.56. The molecule has 0 fully saturated rings. The van der Waals surface area contributed by atoms with Crippen LogP contribution in [0.15, 0.2) is 59.2 Å². The van der Waals surface area contributed by atoms with Crippen molar-refractivity contribution in [2.75, 3.05) is 33.6 Å². The van der Waals surface area contributed by atoms with Crippen molar-refractivity contribution in [1.82, 2.24) is 14.9 Å². The van der Waals surface area contributed by atoms with Crippen molar-refractivity contribution in [2.24, 2.45) is 0 Å². The van der Waals surface area contributed by atoms with Crippen molar-refractivity contribution < 1.29 is 18.7 Å². The van der Waals surface area contributed by atoms with Crippen LogP contribution < -0.4 is 9.47 Å². The van der Waals surface area contributed by atoms with E-state index in [-0.39, 0.29) is 17.5 Å². The van der Waals surface area contributed by atoms with E-state index in [0.717, 1.165) is 31.9 Å². The molecule has 1 amide bonds. The second-order valence-corrected chi connectivity index (χ2v) is 9.38. The van der Waals surface area contributed by atoms with Gasteiger partial charge < -0.3 is 14.4 Å². The smallest absolute Gasteiger partial charge is 0.232 e. The van der Waals surface area contributed by atoms with E-state index in [1.807, 2.05) is 23.6 Å². The first-order chi connectivity index (χ1) is 16.5. The van der Waals surface area contributed by atoms with Gasteiger partial charge in [-0.05, 0) is 41.8 Å². The van der Waals surface area contributed by atoms with Gasteiger partial charge in [0.2, 0.25) is 5.91 Å². The summed E-state index contributed by atoms with van der Waals surface area (Å²) >= 11 is 2.90. The fraction of sp³-hybridized carbons (Fsp3) is 0.240. The summed E-state index contributed by atoms with van der Waals surface area (Å²) in [6.45, 7) is 0.577. The first kappa shape index (κ1) is 24.0. The molecule has 2 aromatic heterocycles. The Balaban J connectivity index is 1.42. The van der Waals surface area contributed by atoms with Gasteiger partial charge in [0.25, 0.3) is 0 Å². The number of fused-ring (bicyclic) bond motifs is 1. The molecule has 2 heterocycles. The zero-order chi connectivity index (χ0) is 24.1. The fourth-order valence-corrected chi connectivity index (χ4v) is 5.43. The Bertz CT molecular complexity index is 1290. The molecule has 9 heteroatoms. The van der Waals surface area contributed by atoms with Gasteiger partial charge in [0.1, 0.15) is 22.0 Å². The number of benzene rings is 2. The van der Waals surface area contributed by atoms with Crippen LogP contribution in [-0.2, 0) is 11.2 Å². The molecule has 6 nitrogen and oxygen atoms in total. The van der Waals surface area contributed by atoms with Crippen molar-refractivity contribution in [2.45, 2.75) is 11.4 Å². The van der Waals surface area contributed by atoms with Gasteiger partial charge in [-0.1, -0.05) is 30.0 Å². The van der Waals surface area contributed by atoms with Gasteiger partial charge in [0.15, 0.2) is 11.5 Å². The largest absolute Gasteiger partial charge is 0.493 e. The lowest BCUT2D eigenvalue weighted by atomic mass is 10.1. The molecule has 0 bridgehead atoms. The van der Waals surface area contributed by atoms with Crippen molar-refractivity contribution in [3.63, 3.8) is 0 Å². The lowest BCUT2D eigenvalue weighted by molar-refractivity contribution is -0.127. The standard InChI is InChI=1S/C25H24FN3O3S2/c1-29(11-10-16-4-9-20(31-2)21(12-16)32-3)22(30)14-34-25-23-19(13-33-24(23)27-15-28-25)17-5-7-18(26)8-6-17/h4-9,12-13,15H,10-11,14H2,1-3H3. The number of aromatic nitrogens is 2. The average Bonchev–Trinajstić information content (AvgIpc) is 3.30. The SMILES string of the molecule is COc1ccc(CCN(C)C(=O)CSc2ncnc3scc(-c4ccc(F)cc4)c23)cc1OC. The molecule has 0 aliphatic rings. The van der Waals surface area contributed by atoms with Crippen LogP contribution in [0.25, 0.3) is 21.3 Å². The molecule has 0 saturated heterocycles. The van der Waals surface area contributed by atoms with E-state index < -0.39 is 0 Å². The van der Waals surface area contributed by atoms with Crippen LogP contribution >= 0.6 is 23.1 Å². The topological polar surface area (TPSA) is 64.5 Å². The molecule has 0 atom stereocenters. The lowest BCUT2D eigenvalue weighted by Crippen LogP contribution is -2.30. The summed E-state index contributed by atoms with van der Waals surface area (Å²) < 4.78 is 24.0. The molecule has 0 radical (unpaired) electrons. The monoisotopic (exact) mass is 497 g/mol. The summed E-state index contributed by atoms with van der Waals surface area (Å²) in [6.07, 6.45) is 2.21. The van der Waals surface area contributed by atoms with Gasteiger partial charge in [-0.3, -0.25) is 4.79 Å². The predicted octanol–water partition coefficient (Wildman–Crippen LogP) is 5.31. The number of ether oxygens (including phenoxy) is 2. The number of amides is 1. The third-order valence-corrected chi connectivity index (χ3v) is 7.29. The van der Waals surface area contributed by atoms with E-state index in [4.69, 9.17) is 9.47 Å². The Morgan fingerprint density at radius 2 is 1.85 bits per heavy atom. The quantitative estimate of drug-likeness (QED) is 0.231. The Kier molecular flexibility index (Phi) is 7.64. The molecule has 2 aromatic carbocycles. The summed E-state index contributed by atoms with van der Waals surface area (Å²) in [6, 6.07) is 12.1. The molecule has 0 N–H and O–H groups in total. The number of thiophene rings is 1. The first-order valence-electron chi connectivity index (χ1n) is 10.6. The number of rotatable bonds is 9. The Morgan fingerprint density at radius 3 is 2.59 bits per heavy atom. The summed E-state index contributed by atoms with van der Waals surface area (Å²) in [5.74, 6) is 1.33. The highest BCUT2D eigenvalue weighted by Gasteiger charge is 2.16. The highest BCUT2D eigenvalue weighted by atomic mass is 32.2. The lowest BCUT2D eigenvalue weighted by Gasteiger charge is -2.17. The van der Waals surface area contributed by atoms with E-state index in [1.54, 1.807) is 38.3 Å². The van der Waals surface area contributed by atoms with Gasteiger partial charge in [-0.25, -0.2) is 14.4 Å². The van der Waals surface area contributed by atoms with Crippen molar-refractivity contribution in [1.29, 1.82) is 0 Å². The number of methoxy groups -OCH3 is 2. The molecule has 0 saturated carbocycles. The van der Waals surface area contributed by atoms with Crippen LogP contribution in [0.1, 0.15) is 5.56 Å². The maximum atomic E-state index is 13.4. The van der Waals surface area contributed by atoms with E-state index in [9.17, 15) is 9.18 Å². The Hall–Kier alpha value is -3.17. The summed E-state index contributed by atoms with van der Waals surface area (Å²) in [4.78, 5) is 24.2. The van der Waals surface area contributed by atoms with Gasteiger partial charge >= 0.3 is 0 Å². The second kappa shape index (κ2) is 10.8. The summed E-state index contributed by atoms with van der Waals surface area (Å²) in [7, 11) is 5.01. The number of hydrogen-bond donors (Lipinski definition) is 0. The van der Waals surface area contributed by atoms with Gasteiger partial charge in [-0.2, -0.15) is 0 Å². The molecule has 4 aromatic rings. The Labute approximate surface area is 205 Å². The molecule has 0 unspecified atom stereocenters. The summed E-state index contributed by atoms with van der Waals surface area (Å²) in [5, 5.41) is 3.63. The number of carbonyl (C=O) groups excluding carboxylic acids is 1. The third kappa shape index (κ3) is 5.31. The average molecular weight is 498 g/mol. The normalized spacial score (nSPS) is 10.9. The van der Waals surface area contributed by atoms with Gasteiger partial charge in [0, 0.05) is 24.5 Å². The first-order valence-corrected chi connectivity index (χ1v) is 12.4. The molecule has 4 rings (SSSR count). The minimum absolute atomic E-state index is 0.0100. The van der Waals surface area contributed by atoms with E-state index in [0.29, 0.717) is 24.5 Å². The highest BCUT2D eigenvalue weighted by Crippen LogP contribution is 2.38.